The number of alkyl halides is 1. The second-order valence-electron chi connectivity index (χ2n) is 9.38. The van der Waals surface area contributed by atoms with Gasteiger partial charge in [-0.05, 0) is 67.6 Å². The highest BCUT2D eigenvalue weighted by Crippen LogP contribution is 2.42. The van der Waals surface area contributed by atoms with Crippen LogP contribution in [0.15, 0.2) is 48.8 Å². The number of anilines is 1. The highest BCUT2D eigenvalue weighted by Gasteiger charge is 2.43. The summed E-state index contributed by atoms with van der Waals surface area (Å²) in [5.74, 6) is -2.96. The summed E-state index contributed by atoms with van der Waals surface area (Å²) in [6.45, 7) is 6.52. The number of rotatable bonds is 9. The molecule has 1 heterocycles. The van der Waals surface area contributed by atoms with E-state index < -0.39 is 29.2 Å². The minimum absolute atomic E-state index is 0.0706. The summed E-state index contributed by atoms with van der Waals surface area (Å²) in [5.41, 5.74) is 8.97. The summed E-state index contributed by atoms with van der Waals surface area (Å²) in [6, 6.07) is 9.84. The molecule has 0 radical (unpaired) electrons. The van der Waals surface area contributed by atoms with Crippen molar-refractivity contribution in [1.82, 2.24) is 10.3 Å². The normalized spacial score (nSPS) is 13.5. The van der Waals surface area contributed by atoms with Crippen LogP contribution in [0.4, 0.5) is 14.5 Å². The van der Waals surface area contributed by atoms with E-state index in [2.05, 4.69) is 22.2 Å². The van der Waals surface area contributed by atoms with Gasteiger partial charge in [0.15, 0.2) is 5.83 Å². The van der Waals surface area contributed by atoms with Gasteiger partial charge in [0, 0.05) is 22.5 Å². The molecule has 0 bridgehead atoms. The number of aromatic nitrogens is 1. The summed E-state index contributed by atoms with van der Waals surface area (Å²) in [6.07, 6.45) is 0.847. The number of hydrogen-bond donors (Lipinski definition) is 4. The molecule has 1 fully saturated rings. The molecular weight excluding hydrogens is 494 g/mol. The smallest absolute Gasteiger partial charge is 0.283 e. The highest BCUT2D eigenvalue weighted by atomic mass is 19.1. The lowest BCUT2D eigenvalue weighted by Gasteiger charge is -2.15. The van der Waals surface area contributed by atoms with Crippen molar-refractivity contribution < 1.29 is 27.9 Å². The molecule has 4 rings (SSSR count). The Morgan fingerprint density at radius 1 is 1.13 bits per heavy atom. The van der Waals surface area contributed by atoms with Crippen LogP contribution in [-0.2, 0) is 4.79 Å². The molecule has 10 heteroatoms. The fourth-order valence-corrected chi connectivity index (χ4v) is 4.34. The van der Waals surface area contributed by atoms with Crippen molar-refractivity contribution in [2.45, 2.75) is 32.4 Å². The van der Waals surface area contributed by atoms with Crippen LogP contribution in [0, 0.1) is 13.8 Å². The maximum absolute atomic E-state index is 14.0. The Bertz CT molecular complexity index is 1470. The van der Waals surface area contributed by atoms with Gasteiger partial charge < -0.3 is 26.1 Å². The number of H-pyrrole nitrogens is 1. The van der Waals surface area contributed by atoms with Gasteiger partial charge in [-0.2, -0.15) is 0 Å². The number of carbonyl (C=O) groups is 3. The molecule has 0 spiro atoms. The number of methoxy groups -OCH3 is 1. The number of aromatic amines is 1. The van der Waals surface area contributed by atoms with E-state index in [9.17, 15) is 23.2 Å². The minimum Gasteiger partial charge on any atom is -0.496 e. The zero-order valence-electron chi connectivity index (χ0n) is 21.3. The van der Waals surface area contributed by atoms with Crippen molar-refractivity contribution in [3.8, 4) is 28.0 Å². The fraction of sp³-hybridized carbons (Fsp3) is 0.250. The van der Waals surface area contributed by atoms with Gasteiger partial charge in [0.1, 0.15) is 17.1 Å². The molecule has 1 aliphatic carbocycles. The van der Waals surface area contributed by atoms with Gasteiger partial charge in [-0.25, -0.2) is 8.78 Å². The van der Waals surface area contributed by atoms with Gasteiger partial charge in [0.25, 0.3) is 17.7 Å². The summed E-state index contributed by atoms with van der Waals surface area (Å²) < 4.78 is 32.6. The number of benzene rings is 2. The third-order valence-corrected chi connectivity index (χ3v) is 6.53. The average molecular weight is 523 g/mol. The molecule has 3 amide bonds. The Kier molecular flexibility index (Phi) is 7.08. The predicted molar refractivity (Wildman–Crippen MR) is 140 cm³/mol. The Morgan fingerprint density at radius 3 is 2.42 bits per heavy atom. The van der Waals surface area contributed by atoms with Crippen LogP contribution in [0.25, 0.3) is 22.3 Å². The van der Waals surface area contributed by atoms with Crippen LogP contribution in [0.5, 0.6) is 5.75 Å². The van der Waals surface area contributed by atoms with E-state index >= 15 is 0 Å². The van der Waals surface area contributed by atoms with Crippen LogP contribution in [0.1, 0.15) is 44.9 Å². The highest BCUT2D eigenvalue weighted by molar-refractivity contribution is 6.06. The minimum atomic E-state index is -1.34. The summed E-state index contributed by atoms with van der Waals surface area (Å²) in [5, 5.41) is 5.03. The molecule has 2 aromatic carbocycles. The van der Waals surface area contributed by atoms with Crippen molar-refractivity contribution in [1.29, 1.82) is 0 Å². The number of amides is 3. The average Bonchev–Trinajstić information content (AvgIpc) is 3.51. The SMILES string of the molecule is C=C(F)C(=O)Nc1ccc(-c2c(C)[nH]c(C(N)=O)c2-c2ccc(C(=O)NCC3(F)CC3)c(OC)c2)c(C)c1. The second kappa shape index (κ2) is 10.1. The van der Waals surface area contributed by atoms with Gasteiger partial charge in [0.05, 0.1) is 19.2 Å². The number of nitrogens with two attached hydrogens (primary N) is 1. The molecule has 5 N–H and O–H groups in total. The van der Waals surface area contributed by atoms with Crippen molar-refractivity contribution >= 4 is 23.4 Å². The summed E-state index contributed by atoms with van der Waals surface area (Å²) in [4.78, 5) is 39.8. The van der Waals surface area contributed by atoms with Gasteiger partial charge in [-0.3, -0.25) is 14.4 Å². The molecule has 1 aromatic heterocycles. The molecule has 8 nitrogen and oxygen atoms in total. The molecule has 1 aliphatic rings. The van der Waals surface area contributed by atoms with E-state index in [0.29, 0.717) is 40.9 Å². The number of primary amides is 1. The lowest BCUT2D eigenvalue weighted by atomic mass is 9.91. The molecule has 1 saturated carbocycles. The van der Waals surface area contributed by atoms with Gasteiger partial charge in [-0.1, -0.05) is 18.7 Å². The largest absolute Gasteiger partial charge is 0.496 e. The first-order chi connectivity index (χ1) is 17.9. The third kappa shape index (κ3) is 5.29. The van der Waals surface area contributed by atoms with Crippen LogP contribution < -0.4 is 21.1 Å². The van der Waals surface area contributed by atoms with Crippen molar-refractivity contribution in [2.24, 2.45) is 5.73 Å². The van der Waals surface area contributed by atoms with Crippen molar-refractivity contribution in [3.05, 3.63) is 71.3 Å². The quantitative estimate of drug-likeness (QED) is 0.303. The first kappa shape index (κ1) is 26.6. The Hall–Kier alpha value is -4.47. The maximum Gasteiger partial charge on any atom is 0.283 e. The van der Waals surface area contributed by atoms with Crippen molar-refractivity contribution in [3.63, 3.8) is 0 Å². The van der Waals surface area contributed by atoms with Crippen LogP contribution in [0.2, 0.25) is 0 Å². The lowest BCUT2D eigenvalue weighted by Crippen LogP contribution is -2.31. The first-order valence-electron chi connectivity index (χ1n) is 11.9. The number of carbonyl (C=O) groups excluding carboxylic acids is 3. The molecule has 0 aliphatic heterocycles. The molecule has 3 aromatic rings. The van der Waals surface area contributed by atoms with Crippen molar-refractivity contribution in [2.75, 3.05) is 19.0 Å². The maximum atomic E-state index is 14.0. The number of nitrogens with one attached hydrogen (secondary N) is 3. The van der Waals surface area contributed by atoms with E-state index in [1.165, 1.54) is 7.11 Å². The summed E-state index contributed by atoms with van der Waals surface area (Å²) >= 11 is 0. The van der Waals surface area contributed by atoms with E-state index in [0.717, 1.165) is 11.1 Å². The Balaban J connectivity index is 1.77. The Labute approximate surface area is 218 Å². The number of halogens is 2. The number of aryl methyl sites for hydroxylation is 2. The van der Waals surface area contributed by atoms with Crippen LogP contribution in [-0.4, -0.2) is 42.0 Å². The molecule has 0 unspecified atom stereocenters. The van der Waals surface area contributed by atoms with Gasteiger partial charge >= 0.3 is 0 Å². The fourth-order valence-electron chi connectivity index (χ4n) is 4.34. The van der Waals surface area contributed by atoms with E-state index in [4.69, 9.17) is 10.5 Å². The molecule has 0 saturated heterocycles. The molecule has 38 heavy (non-hydrogen) atoms. The zero-order chi connectivity index (χ0) is 27.8. The topological polar surface area (TPSA) is 126 Å². The Morgan fingerprint density at radius 2 is 1.84 bits per heavy atom. The lowest BCUT2D eigenvalue weighted by molar-refractivity contribution is -0.114. The molecule has 198 valence electrons. The van der Waals surface area contributed by atoms with Crippen LogP contribution in [0.3, 0.4) is 0 Å². The molecule has 0 atom stereocenters. The predicted octanol–water partition coefficient (Wildman–Crippen LogP) is 4.73. The van der Waals surface area contributed by atoms with Crippen LogP contribution >= 0.6 is 0 Å². The van der Waals surface area contributed by atoms with E-state index in [1.807, 2.05) is 0 Å². The second-order valence-corrected chi connectivity index (χ2v) is 9.38. The van der Waals surface area contributed by atoms with Gasteiger partial charge in [-0.15, -0.1) is 0 Å². The van der Waals surface area contributed by atoms with E-state index in [1.54, 1.807) is 50.2 Å². The first-order valence-corrected chi connectivity index (χ1v) is 11.9. The summed E-state index contributed by atoms with van der Waals surface area (Å²) in [7, 11) is 1.41. The van der Waals surface area contributed by atoms with Gasteiger partial charge in [0.2, 0.25) is 0 Å². The number of hydrogen-bond acceptors (Lipinski definition) is 4. The number of ether oxygens (including phenoxy) is 1. The zero-order valence-corrected chi connectivity index (χ0v) is 21.3. The molecular formula is C28H28F2N4O4. The monoisotopic (exact) mass is 522 g/mol. The standard InChI is InChI=1S/C28H28F2N4O4/c1-14-11-18(34-26(36)15(2)29)6-8-19(14)22-16(3)33-24(25(31)35)23(22)17-5-7-20(21(12-17)38-4)27(37)32-13-28(30)9-10-28/h5-8,11-12,33H,2,9-10,13H2,1,3-4H3,(H2,31,35)(H,32,37)(H,34,36). The van der Waals surface area contributed by atoms with E-state index in [-0.39, 0.29) is 23.6 Å². The third-order valence-electron chi connectivity index (χ3n) is 6.53.